The number of nitro groups is 1. The Labute approximate surface area is 158 Å². The summed E-state index contributed by atoms with van der Waals surface area (Å²) >= 11 is 1.58. The second kappa shape index (κ2) is 7.09. The van der Waals surface area contributed by atoms with Gasteiger partial charge in [0.05, 0.1) is 29.1 Å². The van der Waals surface area contributed by atoms with Gasteiger partial charge >= 0.3 is 0 Å². The maximum Gasteiger partial charge on any atom is 0.286 e. The van der Waals surface area contributed by atoms with Gasteiger partial charge < -0.3 is 14.8 Å². The van der Waals surface area contributed by atoms with Gasteiger partial charge in [0.2, 0.25) is 0 Å². The topological polar surface area (TPSA) is 105 Å². The summed E-state index contributed by atoms with van der Waals surface area (Å²) in [4.78, 5) is 28.8. The average molecular weight is 386 g/mol. The number of nitrogens with one attached hydrogen (secondary N) is 1. The van der Waals surface area contributed by atoms with Crippen molar-refractivity contribution in [2.24, 2.45) is 5.92 Å². The Hall–Kier alpha value is -2.78. The summed E-state index contributed by atoms with van der Waals surface area (Å²) in [6.45, 7) is 2.09. The molecule has 4 heterocycles. The van der Waals surface area contributed by atoms with Gasteiger partial charge in [-0.25, -0.2) is 4.98 Å². The Bertz CT molecular complexity index is 990. The zero-order valence-electron chi connectivity index (χ0n) is 14.5. The Morgan fingerprint density at radius 3 is 2.74 bits per heavy atom. The van der Waals surface area contributed by atoms with E-state index >= 15 is 0 Å². The molecule has 0 aliphatic carbocycles. The summed E-state index contributed by atoms with van der Waals surface area (Å²) in [5, 5.41) is 24.2. The van der Waals surface area contributed by atoms with Crippen LogP contribution in [0, 0.1) is 16.0 Å². The van der Waals surface area contributed by atoms with E-state index in [1.54, 1.807) is 21.8 Å². The predicted molar refractivity (Wildman–Crippen MR) is 97.3 cm³/mol. The number of likely N-dealkylation sites (tertiary alicyclic amines) is 1. The zero-order valence-corrected chi connectivity index (χ0v) is 15.3. The summed E-state index contributed by atoms with van der Waals surface area (Å²) in [6.07, 6.45) is 2.69. The molecule has 3 aromatic rings. The number of hydrogen-bond donors (Lipinski definition) is 1. The van der Waals surface area contributed by atoms with E-state index in [4.69, 9.17) is 4.98 Å². The number of carbonyl (C=O) groups is 1. The normalized spacial score (nSPS) is 20.0. The summed E-state index contributed by atoms with van der Waals surface area (Å²) in [5.74, 6) is -1.35. The molecule has 140 valence electrons. The lowest BCUT2D eigenvalue weighted by Crippen LogP contribution is -3.12. The van der Waals surface area contributed by atoms with Gasteiger partial charge in [-0.05, 0) is 17.5 Å². The smallest absolute Gasteiger partial charge is 0.286 e. The number of pyridine rings is 1. The number of piperidine rings is 1. The predicted octanol–water partition coefficient (Wildman–Crippen LogP) is 0.516. The standard InChI is InChI=1S/C18H18N4O4S/c23-18(24)12-5-7-20(8-6-12)11-14-17(15-2-1-9-27-15)19-16-4-3-13(22(25)26)10-21(14)16/h1-4,9-10,12H,5-8,11H2,(H,23,24). The van der Waals surface area contributed by atoms with E-state index in [-0.39, 0.29) is 11.6 Å². The van der Waals surface area contributed by atoms with E-state index in [9.17, 15) is 20.0 Å². The largest absolute Gasteiger partial charge is 0.550 e. The Balaban J connectivity index is 1.71. The number of aromatic nitrogens is 2. The minimum atomic E-state index is -0.973. The highest BCUT2D eigenvalue weighted by Gasteiger charge is 2.26. The van der Waals surface area contributed by atoms with Crippen LogP contribution in [0.1, 0.15) is 18.5 Å². The van der Waals surface area contributed by atoms with Crippen LogP contribution in [-0.4, -0.2) is 33.4 Å². The fourth-order valence-electron chi connectivity index (χ4n) is 3.64. The van der Waals surface area contributed by atoms with E-state index in [1.807, 2.05) is 17.5 Å². The van der Waals surface area contributed by atoms with Gasteiger partial charge in [0.1, 0.15) is 23.6 Å². The number of carbonyl (C=O) groups excluding carboxylic acids is 1. The highest BCUT2D eigenvalue weighted by molar-refractivity contribution is 7.13. The van der Waals surface area contributed by atoms with Crippen molar-refractivity contribution in [1.29, 1.82) is 0 Å². The first kappa shape index (κ1) is 17.6. The fourth-order valence-corrected chi connectivity index (χ4v) is 4.38. The van der Waals surface area contributed by atoms with Gasteiger partial charge in [-0.1, -0.05) is 6.07 Å². The van der Waals surface area contributed by atoms with Crippen molar-refractivity contribution in [2.75, 3.05) is 13.1 Å². The van der Waals surface area contributed by atoms with Crippen LogP contribution in [-0.2, 0) is 11.3 Å². The van der Waals surface area contributed by atoms with E-state index in [0.29, 0.717) is 25.0 Å². The lowest BCUT2D eigenvalue weighted by atomic mass is 9.97. The van der Waals surface area contributed by atoms with Crippen molar-refractivity contribution in [3.63, 3.8) is 0 Å². The van der Waals surface area contributed by atoms with E-state index < -0.39 is 10.9 Å². The molecular weight excluding hydrogens is 368 g/mol. The number of quaternary nitrogens is 1. The van der Waals surface area contributed by atoms with Crippen LogP contribution in [0.15, 0.2) is 35.8 Å². The van der Waals surface area contributed by atoms with Crippen LogP contribution in [0.25, 0.3) is 16.2 Å². The van der Waals surface area contributed by atoms with Crippen LogP contribution in [0.5, 0.6) is 0 Å². The minimum absolute atomic E-state index is 0.0181. The highest BCUT2D eigenvalue weighted by atomic mass is 32.1. The number of aliphatic carboxylic acids is 1. The summed E-state index contributed by atoms with van der Waals surface area (Å²) in [6, 6.07) is 7.06. The second-order valence-electron chi connectivity index (χ2n) is 6.78. The first-order valence-electron chi connectivity index (χ1n) is 8.76. The molecule has 4 rings (SSSR count). The Morgan fingerprint density at radius 2 is 2.11 bits per heavy atom. The van der Waals surface area contributed by atoms with Crippen LogP contribution in [0.4, 0.5) is 5.69 Å². The third-order valence-corrected chi connectivity index (χ3v) is 5.99. The van der Waals surface area contributed by atoms with Crippen LogP contribution < -0.4 is 10.0 Å². The molecule has 1 aliphatic heterocycles. The zero-order chi connectivity index (χ0) is 19.0. The van der Waals surface area contributed by atoms with Crippen LogP contribution in [0.3, 0.4) is 0 Å². The van der Waals surface area contributed by atoms with Crippen molar-refractivity contribution >= 4 is 28.6 Å². The summed E-state index contributed by atoms with van der Waals surface area (Å²) in [7, 11) is 0. The molecule has 1 aliphatic rings. The molecule has 0 radical (unpaired) electrons. The highest BCUT2D eigenvalue weighted by Crippen LogP contribution is 2.29. The van der Waals surface area contributed by atoms with E-state index in [0.717, 1.165) is 29.4 Å². The number of carboxylic acid groups (broad SMARTS) is 1. The molecule has 0 aromatic carbocycles. The molecule has 8 nitrogen and oxygen atoms in total. The van der Waals surface area contributed by atoms with E-state index in [2.05, 4.69) is 0 Å². The molecule has 0 spiro atoms. The molecule has 0 amide bonds. The monoisotopic (exact) mass is 386 g/mol. The van der Waals surface area contributed by atoms with Gasteiger partial charge in [-0.15, -0.1) is 11.3 Å². The molecular formula is C18H18N4O4S. The first-order chi connectivity index (χ1) is 13.0. The second-order valence-corrected chi connectivity index (χ2v) is 7.72. The number of hydrogen-bond acceptors (Lipinski definition) is 6. The molecule has 1 fully saturated rings. The lowest BCUT2D eigenvalue weighted by molar-refractivity contribution is -0.919. The Kier molecular flexibility index (Phi) is 4.63. The number of nitrogens with zero attached hydrogens (tertiary/aromatic N) is 3. The van der Waals surface area contributed by atoms with Crippen LogP contribution in [0.2, 0.25) is 0 Å². The van der Waals surface area contributed by atoms with E-state index in [1.165, 1.54) is 17.2 Å². The third-order valence-electron chi connectivity index (χ3n) is 5.11. The fraction of sp³-hybridized carbons (Fsp3) is 0.333. The average Bonchev–Trinajstić information content (AvgIpc) is 3.30. The number of carboxylic acids is 1. The van der Waals surface area contributed by atoms with Gasteiger partial charge in [-0.3, -0.25) is 14.5 Å². The maximum atomic E-state index is 11.2. The lowest BCUT2D eigenvalue weighted by Gasteiger charge is -2.29. The van der Waals surface area contributed by atoms with Gasteiger partial charge in [0, 0.05) is 30.8 Å². The minimum Gasteiger partial charge on any atom is -0.550 e. The van der Waals surface area contributed by atoms with Crippen molar-refractivity contribution in [2.45, 2.75) is 19.4 Å². The molecule has 3 aromatic heterocycles. The maximum absolute atomic E-state index is 11.2. The molecule has 0 atom stereocenters. The van der Waals surface area contributed by atoms with Gasteiger partial charge in [0.15, 0.2) is 0 Å². The van der Waals surface area contributed by atoms with Crippen molar-refractivity contribution in [3.05, 3.63) is 51.7 Å². The van der Waals surface area contributed by atoms with Crippen molar-refractivity contribution < 1.29 is 19.7 Å². The first-order valence-corrected chi connectivity index (χ1v) is 9.64. The molecule has 0 saturated carbocycles. The molecule has 27 heavy (non-hydrogen) atoms. The number of fused-ring (bicyclic) bond motifs is 1. The molecule has 9 heteroatoms. The summed E-state index contributed by atoms with van der Waals surface area (Å²) in [5.41, 5.74) is 2.44. The van der Waals surface area contributed by atoms with Gasteiger partial charge in [0.25, 0.3) is 5.69 Å². The van der Waals surface area contributed by atoms with Crippen molar-refractivity contribution in [1.82, 2.24) is 9.38 Å². The summed E-state index contributed by atoms with van der Waals surface area (Å²) < 4.78 is 1.80. The third kappa shape index (κ3) is 3.43. The number of rotatable bonds is 5. The quantitative estimate of drug-likeness (QED) is 0.508. The molecule has 1 N–H and O–H groups in total. The van der Waals surface area contributed by atoms with Crippen LogP contribution >= 0.6 is 11.3 Å². The number of thiophene rings is 1. The van der Waals surface area contributed by atoms with Crippen molar-refractivity contribution in [3.8, 4) is 10.6 Å². The molecule has 0 unspecified atom stereocenters. The number of imidazole rings is 1. The SMILES string of the molecule is O=C([O-])C1CC[NH+](Cc2c(-c3cccs3)nc3ccc([N+](=O)[O-])cn23)CC1. The molecule has 1 saturated heterocycles. The molecule has 0 bridgehead atoms. The Morgan fingerprint density at radius 1 is 1.33 bits per heavy atom. The van der Waals surface area contributed by atoms with Gasteiger partial charge in [-0.2, -0.15) is 0 Å².